The Balaban J connectivity index is 1.30. The second-order valence-electron chi connectivity index (χ2n) is 9.33. The summed E-state index contributed by atoms with van der Waals surface area (Å²) in [7, 11) is -3.45. The molecule has 0 aliphatic heterocycles. The number of anilines is 2. The first kappa shape index (κ1) is 22.1. The predicted molar refractivity (Wildman–Crippen MR) is 129 cm³/mol. The Labute approximate surface area is 202 Å². The van der Waals surface area contributed by atoms with Gasteiger partial charge in [-0.05, 0) is 37.7 Å². The summed E-state index contributed by atoms with van der Waals surface area (Å²) < 4.78 is 28.0. The third-order valence-electron chi connectivity index (χ3n) is 6.87. The summed E-state index contributed by atoms with van der Waals surface area (Å²) in [6.45, 7) is 2.12. The highest BCUT2D eigenvalue weighted by atomic mass is 32.2. The molecule has 0 radical (unpaired) electrons. The summed E-state index contributed by atoms with van der Waals surface area (Å²) in [6, 6.07) is 3.94. The lowest BCUT2D eigenvalue weighted by atomic mass is 10.1. The third kappa shape index (κ3) is 3.96. The molecule has 2 fully saturated rings. The SMILES string of the molecule is C[C@@H]1CCC[C@@H]1n1c(CO)nc2cnc(Nc3ccnc(-c4cnn(S(=O)(=O)C5CC5)c4)n3)cc21. The number of fused-ring (bicyclic) bond motifs is 1. The minimum absolute atomic E-state index is 0.125. The zero-order chi connectivity index (χ0) is 24.2. The van der Waals surface area contributed by atoms with Crippen molar-refractivity contribution < 1.29 is 13.5 Å². The molecule has 4 aromatic rings. The summed E-state index contributed by atoms with van der Waals surface area (Å²) in [5, 5.41) is 16.8. The normalized spacial score (nSPS) is 20.5. The van der Waals surface area contributed by atoms with E-state index in [4.69, 9.17) is 0 Å². The fourth-order valence-corrected chi connectivity index (χ4v) is 6.36. The summed E-state index contributed by atoms with van der Waals surface area (Å²) in [6.07, 6.45) is 10.9. The van der Waals surface area contributed by atoms with Crippen molar-refractivity contribution in [2.24, 2.45) is 5.92 Å². The van der Waals surface area contributed by atoms with Crippen molar-refractivity contribution >= 4 is 32.7 Å². The van der Waals surface area contributed by atoms with E-state index in [-0.39, 0.29) is 11.9 Å². The molecule has 2 aliphatic carbocycles. The highest BCUT2D eigenvalue weighted by Crippen LogP contribution is 2.38. The number of nitrogens with one attached hydrogen (secondary N) is 1. The number of imidazole rings is 1. The van der Waals surface area contributed by atoms with Crippen LogP contribution >= 0.6 is 0 Å². The molecule has 4 heterocycles. The number of rotatable bonds is 7. The highest BCUT2D eigenvalue weighted by Gasteiger charge is 2.37. The lowest BCUT2D eigenvalue weighted by Crippen LogP contribution is -2.17. The van der Waals surface area contributed by atoms with Crippen molar-refractivity contribution in [3.8, 4) is 11.4 Å². The number of aromatic nitrogens is 7. The van der Waals surface area contributed by atoms with Crippen molar-refractivity contribution in [1.29, 1.82) is 0 Å². The second kappa shape index (κ2) is 8.38. The van der Waals surface area contributed by atoms with E-state index in [1.54, 1.807) is 18.5 Å². The maximum Gasteiger partial charge on any atom is 0.256 e. The molecular formula is C23H26N8O3S. The van der Waals surface area contributed by atoms with Gasteiger partial charge in [0.1, 0.15) is 29.6 Å². The fraction of sp³-hybridized carbons (Fsp3) is 0.435. The van der Waals surface area contributed by atoms with Gasteiger partial charge in [0.25, 0.3) is 10.0 Å². The van der Waals surface area contributed by atoms with E-state index in [2.05, 4.69) is 41.8 Å². The van der Waals surface area contributed by atoms with Crippen LogP contribution in [0.15, 0.2) is 36.9 Å². The van der Waals surface area contributed by atoms with Crippen molar-refractivity contribution in [3.05, 3.63) is 42.7 Å². The number of aliphatic hydroxyl groups is 1. The van der Waals surface area contributed by atoms with Gasteiger partial charge in [-0.1, -0.05) is 13.3 Å². The van der Waals surface area contributed by atoms with Gasteiger partial charge in [0.2, 0.25) is 0 Å². The summed E-state index contributed by atoms with van der Waals surface area (Å²) in [4.78, 5) is 17.9. The molecule has 11 nitrogen and oxygen atoms in total. The van der Waals surface area contributed by atoms with Crippen LogP contribution in [-0.4, -0.2) is 52.5 Å². The topological polar surface area (TPSA) is 141 Å². The van der Waals surface area contributed by atoms with E-state index in [1.807, 2.05) is 6.07 Å². The monoisotopic (exact) mass is 494 g/mol. The molecule has 0 amide bonds. The van der Waals surface area contributed by atoms with Gasteiger partial charge in [0.15, 0.2) is 5.82 Å². The molecule has 0 bridgehead atoms. The number of aliphatic hydroxyl groups excluding tert-OH is 1. The van der Waals surface area contributed by atoms with Crippen LogP contribution in [0.5, 0.6) is 0 Å². The maximum atomic E-state index is 12.4. The minimum Gasteiger partial charge on any atom is -0.388 e. The highest BCUT2D eigenvalue weighted by molar-refractivity contribution is 7.90. The Morgan fingerprint density at radius 2 is 1.97 bits per heavy atom. The smallest absolute Gasteiger partial charge is 0.256 e. The van der Waals surface area contributed by atoms with E-state index in [1.165, 1.54) is 12.4 Å². The molecule has 182 valence electrons. The van der Waals surface area contributed by atoms with E-state index in [0.717, 1.165) is 34.4 Å². The van der Waals surface area contributed by atoms with Crippen LogP contribution in [0.4, 0.5) is 11.6 Å². The Bertz CT molecular complexity index is 1510. The third-order valence-corrected chi connectivity index (χ3v) is 8.91. The molecule has 0 aromatic carbocycles. The first-order valence-corrected chi connectivity index (χ1v) is 13.3. The molecule has 12 heteroatoms. The lowest BCUT2D eigenvalue weighted by Gasteiger charge is -2.20. The predicted octanol–water partition coefficient (Wildman–Crippen LogP) is 3.02. The van der Waals surface area contributed by atoms with Crippen LogP contribution in [0.1, 0.15) is 50.9 Å². The van der Waals surface area contributed by atoms with E-state index in [9.17, 15) is 13.5 Å². The average Bonchev–Trinajstić information content (AvgIpc) is 3.29. The van der Waals surface area contributed by atoms with Gasteiger partial charge in [0.05, 0.1) is 34.9 Å². The molecule has 2 aliphatic rings. The number of hydrogen-bond donors (Lipinski definition) is 2. The molecule has 6 rings (SSSR count). The Morgan fingerprint density at radius 1 is 1.11 bits per heavy atom. The van der Waals surface area contributed by atoms with Gasteiger partial charge < -0.3 is 15.0 Å². The average molecular weight is 495 g/mol. The summed E-state index contributed by atoms with van der Waals surface area (Å²) >= 11 is 0. The van der Waals surface area contributed by atoms with E-state index in [0.29, 0.717) is 53.6 Å². The van der Waals surface area contributed by atoms with Gasteiger partial charge in [-0.2, -0.15) is 9.19 Å². The minimum atomic E-state index is -3.45. The quantitative estimate of drug-likeness (QED) is 0.396. The van der Waals surface area contributed by atoms with Crippen molar-refractivity contribution in [2.45, 2.75) is 56.9 Å². The Morgan fingerprint density at radius 3 is 2.71 bits per heavy atom. The van der Waals surface area contributed by atoms with Gasteiger partial charge in [-0.25, -0.2) is 28.4 Å². The molecule has 0 saturated heterocycles. The second-order valence-corrected chi connectivity index (χ2v) is 11.4. The van der Waals surface area contributed by atoms with E-state index >= 15 is 0 Å². The Kier molecular flexibility index (Phi) is 5.29. The van der Waals surface area contributed by atoms with Crippen molar-refractivity contribution in [3.63, 3.8) is 0 Å². The van der Waals surface area contributed by atoms with Gasteiger partial charge >= 0.3 is 0 Å². The first-order valence-electron chi connectivity index (χ1n) is 11.8. The molecule has 2 N–H and O–H groups in total. The van der Waals surface area contributed by atoms with Gasteiger partial charge in [-0.3, -0.25) is 0 Å². The fourth-order valence-electron chi connectivity index (χ4n) is 4.88. The Hall–Kier alpha value is -3.38. The van der Waals surface area contributed by atoms with Crippen molar-refractivity contribution in [1.82, 2.24) is 33.7 Å². The van der Waals surface area contributed by atoms with Crippen LogP contribution in [0.2, 0.25) is 0 Å². The number of pyridine rings is 1. The van der Waals surface area contributed by atoms with Crippen LogP contribution in [0.25, 0.3) is 22.4 Å². The molecule has 0 spiro atoms. The molecular weight excluding hydrogens is 468 g/mol. The molecule has 2 saturated carbocycles. The van der Waals surface area contributed by atoms with Crippen LogP contribution in [0, 0.1) is 5.92 Å². The molecule has 35 heavy (non-hydrogen) atoms. The maximum absolute atomic E-state index is 12.4. The van der Waals surface area contributed by atoms with Crippen LogP contribution in [0.3, 0.4) is 0 Å². The van der Waals surface area contributed by atoms with Crippen LogP contribution in [-0.2, 0) is 16.6 Å². The van der Waals surface area contributed by atoms with Crippen LogP contribution < -0.4 is 5.32 Å². The molecule has 0 unspecified atom stereocenters. The zero-order valence-corrected chi connectivity index (χ0v) is 20.1. The first-order chi connectivity index (χ1) is 16.9. The van der Waals surface area contributed by atoms with Gasteiger partial charge in [0, 0.05) is 18.3 Å². The lowest BCUT2D eigenvalue weighted by molar-refractivity contribution is 0.256. The number of nitrogens with zero attached hydrogens (tertiary/aromatic N) is 7. The summed E-state index contributed by atoms with van der Waals surface area (Å²) in [5.74, 6) is 2.63. The van der Waals surface area contributed by atoms with E-state index < -0.39 is 10.0 Å². The molecule has 4 aromatic heterocycles. The van der Waals surface area contributed by atoms with Gasteiger partial charge in [-0.15, -0.1) is 0 Å². The molecule has 2 atom stereocenters. The number of hydrogen-bond acceptors (Lipinski definition) is 9. The zero-order valence-electron chi connectivity index (χ0n) is 19.2. The largest absolute Gasteiger partial charge is 0.388 e. The summed E-state index contributed by atoms with van der Waals surface area (Å²) in [5.41, 5.74) is 2.18. The standard InChI is InChI=1S/C23H26N8O3S/c1-14-3-2-4-18(14)31-19-9-21(25-11-17(19)27-22(31)13-32)28-20-7-8-24-23(29-20)15-10-26-30(12-15)35(33,34)16-5-6-16/h7-12,14,16,18,32H,2-6,13H2,1H3,(H,24,25,28,29)/t14-,18+/m1/s1. The van der Waals surface area contributed by atoms with Crippen molar-refractivity contribution in [2.75, 3.05) is 5.32 Å².